The number of carbonyl (C=O) groups is 1. The fourth-order valence-electron chi connectivity index (χ4n) is 2.06. The monoisotopic (exact) mass is 237 g/mol. The highest BCUT2D eigenvalue weighted by molar-refractivity contribution is 5.68. The Balaban J connectivity index is 2.56. The molecule has 2 atom stereocenters. The molecule has 3 nitrogen and oxygen atoms in total. The van der Waals surface area contributed by atoms with Crippen molar-refractivity contribution in [1.29, 1.82) is 0 Å². The minimum Gasteiger partial charge on any atom is -0.444 e. The number of terminal acetylenes is 1. The van der Waals surface area contributed by atoms with E-state index in [1.807, 2.05) is 20.8 Å². The standard InChI is InChI=1S/C14H23NO2/c1-6-7-12-10-15(9-8-11(12)2)13(16)17-14(3,4)5/h1,11-12H,7-10H2,2-5H3. The van der Waals surface area contributed by atoms with Gasteiger partial charge in [-0.1, -0.05) is 6.92 Å². The van der Waals surface area contributed by atoms with Gasteiger partial charge in [-0.05, 0) is 39.0 Å². The van der Waals surface area contributed by atoms with Gasteiger partial charge in [-0.15, -0.1) is 12.3 Å². The molecule has 0 bridgehead atoms. The molecule has 1 rings (SSSR count). The van der Waals surface area contributed by atoms with Gasteiger partial charge in [0.1, 0.15) is 5.60 Å². The van der Waals surface area contributed by atoms with Crippen molar-refractivity contribution in [3.05, 3.63) is 0 Å². The number of amides is 1. The van der Waals surface area contributed by atoms with E-state index in [-0.39, 0.29) is 6.09 Å². The lowest BCUT2D eigenvalue weighted by molar-refractivity contribution is 0.0118. The molecule has 1 heterocycles. The second-order valence-electron chi connectivity index (χ2n) is 5.86. The molecule has 0 N–H and O–H groups in total. The van der Waals surface area contributed by atoms with Crippen LogP contribution >= 0.6 is 0 Å². The first kappa shape index (κ1) is 13.9. The van der Waals surface area contributed by atoms with Gasteiger partial charge in [0.25, 0.3) is 0 Å². The summed E-state index contributed by atoms with van der Waals surface area (Å²) < 4.78 is 5.37. The molecule has 3 heteroatoms. The Hall–Kier alpha value is -1.17. The number of nitrogens with zero attached hydrogens (tertiary/aromatic N) is 1. The fourth-order valence-corrected chi connectivity index (χ4v) is 2.06. The average Bonchev–Trinajstić information content (AvgIpc) is 2.19. The van der Waals surface area contributed by atoms with Crippen LogP contribution in [0.3, 0.4) is 0 Å². The molecule has 2 unspecified atom stereocenters. The number of likely N-dealkylation sites (tertiary alicyclic amines) is 1. The summed E-state index contributed by atoms with van der Waals surface area (Å²) >= 11 is 0. The minimum absolute atomic E-state index is 0.216. The topological polar surface area (TPSA) is 29.5 Å². The summed E-state index contributed by atoms with van der Waals surface area (Å²) in [5.74, 6) is 3.69. The number of carbonyl (C=O) groups excluding carboxylic acids is 1. The van der Waals surface area contributed by atoms with Gasteiger partial charge in [0.05, 0.1) is 0 Å². The Morgan fingerprint density at radius 3 is 2.71 bits per heavy atom. The van der Waals surface area contributed by atoms with Crippen LogP contribution in [-0.2, 0) is 4.74 Å². The van der Waals surface area contributed by atoms with Crippen LogP contribution in [-0.4, -0.2) is 29.7 Å². The van der Waals surface area contributed by atoms with Crippen LogP contribution in [0.25, 0.3) is 0 Å². The molecule has 0 aromatic heterocycles. The molecule has 0 aromatic rings. The van der Waals surface area contributed by atoms with Crippen molar-refractivity contribution in [1.82, 2.24) is 4.90 Å². The van der Waals surface area contributed by atoms with Crippen LogP contribution in [0, 0.1) is 24.2 Å². The van der Waals surface area contributed by atoms with Crippen molar-refractivity contribution < 1.29 is 9.53 Å². The Morgan fingerprint density at radius 1 is 1.53 bits per heavy atom. The SMILES string of the molecule is C#CCC1CN(C(=O)OC(C)(C)C)CCC1C. The maximum atomic E-state index is 11.9. The first-order chi connectivity index (χ1) is 7.83. The molecule has 1 aliphatic rings. The van der Waals surface area contributed by atoms with Crippen molar-refractivity contribution in [3.63, 3.8) is 0 Å². The lowest BCUT2D eigenvalue weighted by Gasteiger charge is -2.37. The number of hydrogen-bond donors (Lipinski definition) is 0. The van der Waals surface area contributed by atoms with Crippen LogP contribution in [0.15, 0.2) is 0 Å². The van der Waals surface area contributed by atoms with Crippen LogP contribution in [0.5, 0.6) is 0 Å². The maximum Gasteiger partial charge on any atom is 0.410 e. The molecule has 0 aliphatic carbocycles. The number of ether oxygens (including phenoxy) is 1. The van der Waals surface area contributed by atoms with Gasteiger partial charge in [0.15, 0.2) is 0 Å². The Morgan fingerprint density at radius 2 is 2.18 bits per heavy atom. The van der Waals surface area contributed by atoms with Crippen molar-refractivity contribution in [2.45, 2.75) is 46.1 Å². The summed E-state index contributed by atoms with van der Waals surface area (Å²) in [6.45, 7) is 9.36. The van der Waals surface area contributed by atoms with E-state index < -0.39 is 5.60 Å². The predicted octanol–water partition coefficient (Wildman–Crippen LogP) is 2.90. The fraction of sp³-hybridized carbons (Fsp3) is 0.786. The van der Waals surface area contributed by atoms with E-state index >= 15 is 0 Å². The average molecular weight is 237 g/mol. The van der Waals surface area contributed by atoms with E-state index in [0.717, 1.165) is 25.9 Å². The molecule has 0 aromatic carbocycles. The summed E-state index contributed by atoms with van der Waals surface area (Å²) in [6.07, 6.45) is 6.89. The van der Waals surface area contributed by atoms with Gasteiger partial charge in [-0.2, -0.15) is 0 Å². The minimum atomic E-state index is -0.429. The van der Waals surface area contributed by atoms with Gasteiger partial charge in [-0.3, -0.25) is 0 Å². The zero-order valence-corrected chi connectivity index (χ0v) is 11.3. The first-order valence-corrected chi connectivity index (χ1v) is 6.25. The molecule has 1 fully saturated rings. The smallest absolute Gasteiger partial charge is 0.410 e. The molecule has 0 spiro atoms. The van der Waals surface area contributed by atoms with Gasteiger partial charge in [0.2, 0.25) is 0 Å². The molecule has 17 heavy (non-hydrogen) atoms. The molecule has 1 aliphatic heterocycles. The Kier molecular flexibility index (Phi) is 4.45. The summed E-state index contributed by atoms with van der Waals surface area (Å²) in [7, 11) is 0. The number of piperidine rings is 1. The third-order valence-electron chi connectivity index (χ3n) is 3.15. The largest absolute Gasteiger partial charge is 0.444 e. The van der Waals surface area contributed by atoms with Gasteiger partial charge >= 0.3 is 6.09 Å². The molecule has 1 amide bonds. The highest BCUT2D eigenvalue weighted by Crippen LogP contribution is 2.26. The maximum absolute atomic E-state index is 11.9. The van der Waals surface area contributed by atoms with E-state index in [9.17, 15) is 4.79 Å². The van der Waals surface area contributed by atoms with E-state index in [2.05, 4.69) is 12.8 Å². The van der Waals surface area contributed by atoms with Crippen molar-refractivity contribution in [2.24, 2.45) is 11.8 Å². The molecule has 1 saturated heterocycles. The van der Waals surface area contributed by atoms with Crippen molar-refractivity contribution in [3.8, 4) is 12.3 Å². The molecule has 0 saturated carbocycles. The summed E-state index contributed by atoms with van der Waals surface area (Å²) in [6, 6.07) is 0. The Labute approximate surface area is 105 Å². The quantitative estimate of drug-likeness (QED) is 0.656. The lowest BCUT2D eigenvalue weighted by Crippen LogP contribution is -2.45. The lowest BCUT2D eigenvalue weighted by atomic mass is 9.85. The van der Waals surface area contributed by atoms with E-state index in [1.165, 1.54) is 0 Å². The molecule has 96 valence electrons. The van der Waals surface area contributed by atoms with Gasteiger partial charge in [-0.25, -0.2) is 4.79 Å². The van der Waals surface area contributed by atoms with Crippen molar-refractivity contribution >= 4 is 6.09 Å². The van der Waals surface area contributed by atoms with Crippen LogP contribution in [0.2, 0.25) is 0 Å². The normalized spacial score (nSPS) is 25.2. The highest BCUT2D eigenvalue weighted by atomic mass is 16.6. The number of hydrogen-bond acceptors (Lipinski definition) is 2. The van der Waals surface area contributed by atoms with Crippen LogP contribution in [0.1, 0.15) is 40.5 Å². The first-order valence-electron chi connectivity index (χ1n) is 6.25. The summed E-state index contributed by atoms with van der Waals surface area (Å²) in [5.41, 5.74) is -0.429. The van der Waals surface area contributed by atoms with Crippen LogP contribution in [0.4, 0.5) is 4.79 Å². The Bertz CT molecular complexity index is 311. The van der Waals surface area contributed by atoms with E-state index in [4.69, 9.17) is 11.2 Å². The molecular weight excluding hydrogens is 214 g/mol. The second-order valence-corrected chi connectivity index (χ2v) is 5.86. The van der Waals surface area contributed by atoms with Crippen molar-refractivity contribution in [2.75, 3.05) is 13.1 Å². The predicted molar refractivity (Wildman–Crippen MR) is 68.5 cm³/mol. The van der Waals surface area contributed by atoms with E-state index in [1.54, 1.807) is 4.90 Å². The van der Waals surface area contributed by atoms with Gasteiger partial charge in [0, 0.05) is 19.5 Å². The summed E-state index contributed by atoms with van der Waals surface area (Å²) in [4.78, 5) is 13.7. The third-order valence-corrected chi connectivity index (χ3v) is 3.15. The highest BCUT2D eigenvalue weighted by Gasteiger charge is 2.30. The van der Waals surface area contributed by atoms with E-state index in [0.29, 0.717) is 11.8 Å². The van der Waals surface area contributed by atoms with Gasteiger partial charge < -0.3 is 9.64 Å². The summed E-state index contributed by atoms with van der Waals surface area (Å²) in [5, 5.41) is 0. The molecular formula is C14H23NO2. The zero-order chi connectivity index (χ0) is 13.1. The second kappa shape index (κ2) is 5.44. The molecule has 0 radical (unpaired) electrons. The third kappa shape index (κ3) is 4.30. The number of rotatable bonds is 1. The zero-order valence-electron chi connectivity index (χ0n) is 11.3. The van der Waals surface area contributed by atoms with Crippen LogP contribution < -0.4 is 0 Å².